The first-order valence-electron chi connectivity index (χ1n) is 11.2. The monoisotopic (exact) mass is 459 g/mol. The number of ether oxygens (including phenoxy) is 1. The smallest absolute Gasteiger partial charge is 0.266 e. The molecule has 2 aliphatic rings. The topological polar surface area (TPSA) is 29.5 Å². The molecular weight excluding hydrogens is 434 g/mol. The summed E-state index contributed by atoms with van der Waals surface area (Å²) in [5.74, 6) is 0.837. The molecule has 0 unspecified atom stereocenters. The van der Waals surface area contributed by atoms with Gasteiger partial charge in [-0.25, -0.2) is 0 Å². The second-order valence-corrected chi connectivity index (χ2v) is 10.0. The number of thioether (sulfide) groups is 1. The van der Waals surface area contributed by atoms with E-state index in [1.165, 1.54) is 41.8 Å². The summed E-state index contributed by atoms with van der Waals surface area (Å²) in [5.41, 5.74) is 2.10. The van der Waals surface area contributed by atoms with Gasteiger partial charge in [-0.1, -0.05) is 97.8 Å². The predicted molar refractivity (Wildman–Crippen MR) is 137 cm³/mol. The van der Waals surface area contributed by atoms with Gasteiger partial charge >= 0.3 is 0 Å². The van der Waals surface area contributed by atoms with Crippen molar-refractivity contribution in [2.24, 2.45) is 0 Å². The van der Waals surface area contributed by atoms with Gasteiger partial charge in [-0.3, -0.25) is 9.69 Å². The van der Waals surface area contributed by atoms with E-state index in [9.17, 15) is 4.79 Å². The normalized spacial score (nSPS) is 18.6. The van der Waals surface area contributed by atoms with Crippen LogP contribution in [0.1, 0.15) is 43.2 Å². The first kappa shape index (κ1) is 21.2. The highest BCUT2D eigenvalue weighted by atomic mass is 32.2. The second-order valence-electron chi connectivity index (χ2n) is 8.34. The Hall–Kier alpha value is -2.63. The zero-order valence-corrected chi connectivity index (χ0v) is 19.5. The lowest BCUT2D eigenvalue weighted by Crippen LogP contribution is -2.39. The summed E-state index contributed by atoms with van der Waals surface area (Å²) in [6, 6.07) is 22.8. The van der Waals surface area contributed by atoms with Crippen LogP contribution < -0.4 is 4.74 Å². The molecule has 1 amide bonds. The maximum Gasteiger partial charge on any atom is 0.266 e. The minimum atomic E-state index is 0.0500. The Morgan fingerprint density at radius 1 is 1.00 bits per heavy atom. The van der Waals surface area contributed by atoms with E-state index in [0.29, 0.717) is 15.8 Å². The Morgan fingerprint density at radius 3 is 2.66 bits per heavy atom. The van der Waals surface area contributed by atoms with E-state index in [2.05, 4.69) is 36.4 Å². The van der Waals surface area contributed by atoms with E-state index in [-0.39, 0.29) is 11.9 Å². The molecule has 32 heavy (non-hydrogen) atoms. The van der Waals surface area contributed by atoms with E-state index in [1.54, 1.807) is 0 Å². The Balaban J connectivity index is 1.31. The number of carbonyl (C=O) groups is 1. The van der Waals surface area contributed by atoms with Crippen LogP contribution in [0.4, 0.5) is 0 Å². The highest BCUT2D eigenvalue weighted by Gasteiger charge is 2.37. The number of nitrogens with zero attached hydrogens (tertiary/aromatic N) is 1. The Morgan fingerprint density at radius 2 is 1.78 bits per heavy atom. The Bertz CT molecular complexity index is 1190. The molecule has 3 aromatic carbocycles. The molecule has 2 fully saturated rings. The molecule has 1 heterocycles. The third kappa shape index (κ3) is 4.45. The fraction of sp³-hybridized carbons (Fsp3) is 0.259. The molecule has 0 bridgehead atoms. The molecule has 1 saturated carbocycles. The number of amides is 1. The maximum absolute atomic E-state index is 13.1. The van der Waals surface area contributed by atoms with Gasteiger partial charge in [0.1, 0.15) is 16.7 Å². The van der Waals surface area contributed by atoms with E-state index in [4.69, 9.17) is 17.0 Å². The summed E-state index contributed by atoms with van der Waals surface area (Å²) in [6.07, 6.45) is 7.65. The van der Waals surface area contributed by atoms with Crippen LogP contribution >= 0.6 is 24.0 Å². The van der Waals surface area contributed by atoms with Gasteiger partial charge < -0.3 is 4.74 Å². The highest BCUT2D eigenvalue weighted by molar-refractivity contribution is 8.26. The van der Waals surface area contributed by atoms with Crippen molar-refractivity contribution >= 4 is 51.1 Å². The number of carbonyl (C=O) groups excluding carboxylic acids is 1. The molecule has 0 aromatic heterocycles. The number of thiocarbonyl (C=S) groups is 1. The van der Waals surface area contributed by atoms with E-state index < -0.39 is 0 Å². The van der Waals surface area contributed by atoms with Crippen molar-refractivity contribution in [3.63, 3.8) is 0 Å². The fourth-order valence-electron chi connectivity index (χ4n) is 4.56. The first-order valence-corrected chi connectivity index (χ1v) is 12.4. The van der Waals surface area contributed by atoms with Gasteiger partial charge in [-0.05, 0) is 52.9 Å². The molecule has 1 aliphatic carbocycles. The minimum Gasteiger partial charge on any atom is -0.489 e. The van der Waals surface area contributed by atoms with Crippen molar-refractivity contribution < 1.29 is 9.53 Å². The zero-order chi connectivity index (χ0) is 21.9. The lowest BCUT2D eigenvalue weighted by Gasteiger charge is -2.29. The molecule has 0 atom stereocenters. The number of hydrogen-bond donors (Lipinski definition) is 0. The number of benzene rings is 3. The molecule has 3 nitrogen and oxygen atoms in total. The molecule has 1 aliphatic heterocycles. The van der Waals surface area contributed by atoms with Crippen molar-refractivity contribution in [1.82, 2.24) is 4.90 Å². The first-order chi connectivity index (χ1) is 15.7. The van der Waals surface area contributed by atoms with Crippen LogP contribution in [0.25, 0.3) is 16.8 Å². The van der Waals surface area contributed by atoms with Crippen LogP contribution in [0.3, 0.4) is 0 Å². The summed E-state index contributed by atoms with van der Waals surface area (Å²) in [7, 11) is 0. The second kappa shape index (κ2) is 9.47. The van der Waals surface area contributed by atoms with Crippen LogP contribution in [0.2, 0.25) is 0 Å². The molecule has 5 heteroatoms. The minimum absolute atomic E-state index is 0.0500. The predicted octanol–water partition coefficient (Wildman–Crippen LogP) is 6.95. The summed E-state index contributed by atoms with van der Waals surface area (Å²) in [5, 5.41) is 2.42. The quantitative estimate of drug-likeness (QED) is 0.305. The van der Waals surface area contributed by atoms with E-state index in [0.717, 1.165) is 29.7 Å². The third-order valence-corrected chi connectivity index (χ3v) is 7.52. The molecule has 0 spiro atoms. The van der Waals surface area contributed by atoms with Crippen molar-refractivity contribution in [3.05, 3.63) is 82.8 Å². The molecule has 3 aromatic rings. The fourth-order valence-corrected chi connectivity index (χ4v) is 5.96. The number of rotatable bonds is 5. The van der Waals surface area contributed by atoms with Crippen molar-refractivity contribution in [1.29, 1.82) is 0 Å². The summed E-state index contributed by atoms with van der Waals surface area (Å²) >= 11 is 6.97. The van der Waals surface area contributed by atoms with Crippen LogP contribution in [-0.4, -0.2) is 21.2 Å². The Labute approximate surface area is 198 Å². The van der Waals surface area contributed by atoms with E-state index >= 15 is 0 Å². The van der Waals surface area contributed by atoms with Gasteiger partial charge in [0.2, 0.25) is 0 Å². The van der Waals surface area contributed by atoms with Crippen LogP contribution in [0, 0.1) is 0 Å². The molecule has 162 valence electrons. The van der Waals surface area contributed by atoms with Gasteiger partial charge in [-0.2, -0.15) is 0 Å². The van der Waals surface area contributed by atoms with E-state index in [1.807, 2.05) is 41.3 Å². The van der Waals surface area contributed by atoms with Gasteiger partial charge in [0.05, 0.1) is 4.91 Å². The van der Waals surface area contributed by atoms with Gasteiger partial charge in [0.25, 0.3) is 5.91 Å². The highest BCUT2D eigenvalue weighted by Crippen LogP contribution is 2.37. The van der Waals surface area contributed by atoms with Gasteiger partial charge in [0, 0.05) is 6.04 Å². The molecule has 0 N–H and O–H groups in total. The van der Waals surface area contributed by atoms with Crippen molar-refractivity contribution in [2.45, 2.75) is 44.8 Å². The zero-order valence-electron chi connectivity index (χ0n) is 17.8. The molecule has 0 radical (unpaired) electrons. The van der Waals surface area contributed by atoms with Crippen LogP contribution in [0.5, 0.6) is 5.75 Å². The third-order valence-electron chi connectivity index (χ3n) is 6.19. The molecule has 5 rings (SSSR count). The lowest BCUT2D eigenvalue weighted by atomic mass is 9.94. The number of fused-ring (bicyclic) bond motifs is 1. The van der Waals surface area contributed by atoms with Crippen LogP contribution in [0.15, 0.2) is 71.6 Å². The summed E-state index contributed by atoms with van der Waals surface area (Å²) < 4.78 is 6.80. The van der Waals surface area contributed by atoms with Crippen LogP contribution in [-0.2, 0) is 11.4 Å². The lowest BCUT2D eigenvalue weighted by molar-refractivity contribution is -0.124. The largest absolute Gasteiger partial charge is 0.489 e. The molecular formula is C27H25NO2S2. The molecule has 1 saturated heterocycles. The average molecular weight is 460 g/mol. The van der Waals surface area contributed by atoms with Gasteiger partial charge in [-0.15, -0.1) is 0 Å². The maximum atomic E-state index is 13.1. The van der Waals surface area contributed by atoms with Crippen molar-refractivity contribution in [3.8, 4) is 5.75 Å². The van der Waals surface area contributed by atoms with Crippen molar-refractivity contribution in [2.75, 3.05) is 0 Å². The SMILES string of the molecule is O=C1/C(=C\c2cccc(OCc3cccc4ccccc34)c2)SC(=S)N1C1CCCCC1. The summed E-state index contributed by atoms with van der Waals surface area (Å²) in [4.78, 5) is 15.6. The summed E-state index contributed by atoms with van der Waals surface area (Å²) in [6.45, 7) is 0.495. The Kier molecular flexibility index (Phi) is 6.28. The standard InChI is InChI=1S/C27H25NO2S2/c29-26-25(32-27(31)28(26)22-12-2-1-3-13-22)17-19-8-6-14-23(16-19)30-18-21-11-7-10-20-9-4-5-15-24(20)21/h4-11,14-17,22H,1-3,12-13,18H2/b25-17+. The average Bonchev–Trinajstić information content (AvgIpc) is 3.11. The van der Waals surface area contributed by atoms with Gasteiger partial charge in [0.15, 0.2) is 0 Å². The number of hydrogen-bond acceptors (Lipinski definition) is 4.